The molecular formula is C10H13NS. The lowest BCUT2D eigenvalue weighted by molar-refractivity contribution is 0.605. The number of thioether (sulfide) groups is 1. The van der Waals surface area contributed by atoms with Crippen LogP contribution in [0.1, 0.15) is 19.4 Å². The Kier molecular flexibility index (Phi) is 1.62. The largest absolute Gasteiger partial charge is 0.399 e. The first kappa shape index (κ1) is 7.99. The van der Waals surface area contributed by atoms with Crippen LogP contribution in [0.25, 0.3) is 0 Å². The maximum Gasteiger partial charge on any atom is 0.0317 e. The van der Waals surface area contributed by atoms with Crippen molar-refractivity contribution in [3.8, 4) is 0 Å². The second kappa shape index (κ2) is 2.43. The number of nitrogens with two attached hydrogens (primary N) is 1. The molecule has 2 heteroatoms. The summed E-state index contributed by atoms with van der Waals surface area (Å²) in [4.78, 5) is 1.40. The Morgan fingerprint density at radius 3 is 2.92 bits per heavy atom. The van der Waals surface area contributed by atoms with Crippen LogP contribution < -0.4 is 5.73 Å². The van der Waals surface area contributed by atoms with Gasteiger partial charge in [0.1, 0.15) is 0 Å². The number of benzene rings is 1. The molecule has 0 saturated carbocycles. The third kappa shape index (κ3) is 1.11. The molecule has 0 saturated heterocycles. The molecule has 1 aromatic carbocycles. The highest BCUT2D eigenvalue weighted by Gasteiger charge is 2.30. The molecule has 12 heavy (non-hydrogen) atoms. The standard InChI is InChI=1S/C10H13NS/c1-10(2)6-12-9-4-3-7(11)5-8(9)10/h3-5H,6,11H2,1-2H3. The average molecular weight is 179 g/mol. The van der Waals surface area contributed by atoms with E-state index in [9.17, 15) is 0 Å². The number of nitrogen functional groups attached to an aromatic ring is 1. The van der Waals surface area contributed by atoms with Gasteiger partial charge in [0.15, 0.2) is 0 Å². The normalized spacial score (nSPS) is 19.2. The highest BCUT2D eigenvalue weighted by Crippen LogP contribution is 2.43. The number of fused-ring (bicyclic) bond motifs is 1. The van der Waals surface area contributed by atoms with Gasteiger partial charge < -0.3 is 5.73 Å². The summed E-state index contributed by atoms with van der Waals surface area (Å²) in [6.07, 6.45) is 0. The second-order valence-electron chi connectivity index (χ2n) is 3.93. The molecule has 0 unspecified atom stereocenters. The first-order valence-corrected chi connectivity index (χ1v) is 5.11. The molecule has 0 radical (unpaired) electrons. The van der Waals surface area contributed by atoms with Gasteiger partial charge in [0, 0.05) is 21.8 Å². The van der Waals surface area contributed by atoms with E-state index in [1.165, 1.54) is 16.2 Å². The van der Waals surface area contributed by atoms with E-state index in [1.807, 2.05) is 17.8 Å². The highest BCUT2D eigenvalue weighted by molar-refractivity contribution is 7.99. The molecule has 2 rings (SSSR count). The predicted octanol–water partition coefficient (Wildman–Crippen LogP) is 2.65. The quantitative estimate of drug-likeness (QED) is 0.620. The molecule has 0 aromatic heterocycles. The smallest absolute Gasteiger partial charge is 0.0317 e. The molecule has 2 N–H and O–H groups in total. The molecule has 1 aliphatic heterocycles. The molecule has 0 atom stereocenters. The average Bonchev–Trinajstić information content (AvgIpc) is 2.28. The highest BCUT2D eigenvalue weighted by atomic mass is 32.2. The lowest BCUT2D eigenvalue weighted by atomic mass is 9.87. The van der Waals surface area contributed by atoms with Crippen LogP contribution in [-0.4, -0.2) is 5.75 Å². The van der Waals surface area contributed by atoms with Crippen LogP contribution in [-0.2, 0) is 5.41 Å². The molecule has 0 amide bonds. The molecule has 1 nitrogen and oxygen atoms in total. The maximum atomic E-state index is 5.74. The first-order valence-electron chi connectivity index (χ1n) is 4.12. The fourth-order valence-electron chi connectivity index (χ4n) is 1.54. The Morgan fingerprint density at radius 1 is 1.42 bits per heavy atom. The topological polar surface area (TPSA) is 26.0 Å². The summed E-state index contributed by atoms with van der Waals surface area (Å²) in [5.41, 5.74) is 8.33. The van der Waals surface area contributed by atoms with Crippen LogP contribution >= 0.6 is 11.8 Å². The van der Waals surface area contributed by atoms with Crippen LogP contribution in [0.15, 0.2) is 23.1 Å². The third-order valence-electron chi connectivity index (χ3n) is 2.32. The zero-order valence-electron chi connectivity index (χ0n) is 7.42. The number of rotatable bonds is 0. The maximum absolute atomic E-state index is 5.74. The van der Waals surface area contributed by atoms with E-state index < -0.39 is 0 Å². The van der Waals surface area contributed by atoms with Crippen molar-refractivity contribution >= 4 is 17.4 Å². The van der Waals surface area contributed by atoms with E-state index in [4.69, 9.17) is 5.73 Å². The van der Waals surface area contributed by atoms with Crippen LogP contribution in [0.4, 0.5) is 5.69 Å². The van der Waals surface area contributed by atoms with Gasteiger partial charge in [-0.3, -0.25) is 0 Å². The Morgan fingerprint density at radius 2 is 2.17 bits per heavy atom. The zero-order valence-corrected chi connectivity index (χ0v) is 8.24. The molecule has 1 heterocycles. The number of anilines is 1. The number of hydrogen-bond acceptors (Lipinski definition) is 2. The van der Waals surface area contributed by atoms with Crippen molar-refractivity contribution < 1.29 is 0 Å². The van der Waals surface area contributed by atoms with Gasteiger partial charge in [0.2, 0.25) is 0 Å². The minimum Gasteiger partial charge on any atom is -0.399 e. The van der Waals surface area contributed by atoms with Crippen LogP contribution in [0.2, 0.25) is 0 Å². The second-order valence-corrected chi connectivity index (χ2v) is 4.95. The van der Waals surface area contributed by atoms with Crippen molar-refractivity contribution in [3.63, 3.8) is 0 Å². The molecule has 1 aromatic rings. The van der Waals surface area contributed by atoms with Crippen molar-refractivity contribution in [3.05, 3.63) is 23.8 Å². The zero-order chi connectivity index (χ0) is 8.77. The fourth-order valence-corrected chi connectivity index (χ4v) is 2.87. The SMILES string of the molecule is CC1(C)CSc2ccc(N)cc21. The van der Waals surface area contributed by atoms with Crippen molar-refractivity contribution in [1.82, 2.24) is 0 Å². The van der Waals surface area contributed by atoms with Crippen LogP contribution in [0, 0.1) is 0 Å². The van der Waals surface area contributed by atoms with Crippen molar-refractivity contribution in [1.29, 1.82) is 0 Å². The molecule has 0 aliphatic carbocycles. The molecule has 0 spiro atoms. The Labute approximate surface area is 77.3 Å². The summed E-state index contributed by atoms with van der Waals surface area (Å²) >= 11 is 1.93. The minimum absolute atomic E-state index is 0.301. The lowest BCUT2D eigenvalue weighted by Gasteiger charge is -2.17. The lowest BCUT2D eigenvalue weighted by Crippen LogP contribution is -2.15. The summed E-state index contributed by atoms with van der Waals surface area (Å²) in [7, 11) is 0. The monoisotopic (exact) mass is 179 g/mol. The van der Waals surface area contributed by atoms with Gasteiger partial charge in [-0.1, -0.05) is 13.8 Å². The van der Waals surface area contributed by atoms with Gasteiger partial charge in [0.05, 0.1) is 0 Å². The van der Waals surface area contributed by atoms with Gasteiger partial charge in [0.25, 0.3) is 0 Å². The molecule has 0 bridgehead atoms. The van der Waals surface area contributed by atoms with E-state index in [0.717, 1.165) is 5.69 Å². The predicted molar refractivity (Wildman–Crippen MR) is 54.6 cm³/mol. The van der Waals surface area contributed by atoms with E-state index in [-0.39, 0.29) is 0 Å². The molecule has 64 valence electrons. The van der Waals surface area contributed by atoms with Gasteiger partial charge in [-0.2, -0.15) is 0 Å². The Hall–Kier alpha value is -0.630. The molecule has 0 fully saturated rings. The van der Waals surface area contributed by atoms with Crippen molar-refractivity contribution in [2.45, 2.75) is 24.2 Å². The van der Waals surface area contributed by atoms with Gasteiger partial charge in [-0.25, -0.2) is 0 Å². The number of hydrogen-bond donors (Lipinski definition) is 1. The van der Waals surface area contributed by atoms with Gasteiger partial charge in [-0.05, 0) is 23.8 Å². The van der Waals surface area contributed by atoms with Gasteiger partial charge >= 0.3 is 0 Å². The van der Waals surface area contributed by atoms with E-state index in [2.05, 4.69) is 26.0 Å². The minimum atomic E-state index is 0.301. The van der Waals surface area contributed by atoms with Crippen molar-refractivity contribution in [2.75, 3.05) is 11.5 Å². The first-order chi connectivity index (χ1) is 5.59. The van der Waals surface area contributed by atoms with E-state index >= 15 is 0 Å². The molecule has 1 aliphatic rings. The summed E-state index contributed by atoms with van der Waals surface area (Å²) in [6.45, 7) is 4.54. The molecular weight excluding hydrogens is 166 g/mol. The Balaban J connectivity index is 2.57. The third-order valence-corrected chi connectivity index (χ3v) is 3.85. The van der Waals surface area contributed by atoms with Gasteiger partial charge in [-0.15, -0.1) is 11.8 Å². The summed E-state index contributed by atoms with van der Waals surface area (Å²) in [5, 5.41) is 0. The summed E-state index contributed by atoms with van der Waals surface area (Å²) < 4.78 is 0. The van der Waals surface area contributed by atoms with Crippen molar-refractivity contribution in [2.24, 2.45) is 0 Å². The van der Waals surface area contributed by atoms with Crippen LogP contribution in [0.3, 0.4) is 0 Å². The van der Waals surface area contributed by atoms with E-state index in [1.54, 1.807) is 0 Å². The summed E-state index contributed by atoms with van der Waals surface area (Å²) in [6, 6.07) is 6.21. The Bertz CT molecular complexity index is 318. The van der Waals surface area contributed by atoms with E-state index in [0.29, 0.717) is 5.41 Å². The van der Waals surface area contributed by atoms with Crippen LogP contribution in [0.5, 0.6) is 0 Å². The fraction of sp³-hybridized carbons (Fsp3) is 0.400. The summed E-state index contributed by atoms with van der Waals surface area (Å²) in [5.74, 6) is 1.17.